The fraction of sp³-hybridized carbons (Fsp3) is 0.500. The minimum absolute atomic E-state index is 0.0279. The Labute approximate surface area is 203 Å². The van der Waals surface area contributed by atoms with E-state index in [1.807, 2.05) is 36.7 Å². The minimum Gasteiger partial charge on any atom is -0.444 e. The van der Waals surface area contributed by atoms with E-state index in [4.69, 9.17) is 4.74 Å². The topological polar surface area (TPSA) is 121 Å². The van der Waals surface area contributed by atoms with Gasteiger partial charge >= 0.3 is 6.09 Å². The van der Waals surface area contributed by atoms with E-state index >= 15 is 0 Å². The summed E-state index contributed by atoms with van der Waals surface area (Å²) >= 11 is 1.58. The molecule has 1 aliphatic rings. The van der Waals surface area contributed by atoms with Gasteiger partial charge in [0.25, 0.3) is 0 Å². The lowest BCUT2D eigenvalue weighted by molar-refractivity contribution is -0.139. The van der Waals surface area contributed by atoms with Gasteiger partial charge in [-0.2, -0.15) is 0 Å². The largest absolute Gasteiger partial charge is 0.444 e. The third-order valence-electron chi connectivity index (χ3n) is 5.40. The number of carbonyl (C=O) groups excluding carboxylic acids is 3. The smallest absolute Gasteiger partial charge is 0.408 e. The molecule has 0 saturated carbocycles. The van der Waals surface area contributed by atoms with Crippen LogP contribution in [0, 0.1) is 6.92 Å². The summed E-state index contributed by atoms with van der Waals surface area (Å²) < 4.78 is 5.19. The number of hydrogen-bond acceptors (Lipinski definition) is 7. The van der Waals surface area contributed by atoms with Crippen molar-refractivity contribution in [2.45, 2.75) is 71.4 Å². The third kappa shape index (κ3) is 6.54. The second kappa shape index (κ2) is 10.5. The number of hydrogen-bond donors (Lipinski definition) is 3. The first-order valence-electron chi connectivity index (χ1n) is 11.2. The van der Waals surface area contributed by atoms with Crippen LogP contribution in [-0.4, -0.2) is 63.2 Å². The Morgan fingerprint density at radius 1 is 1.26 bits per heavy atom. The maximum atomic E-state index is 12.9. The summed E-state index contributed by atoms with van der Waals surface area (Å²) in [7, 11) is 0. The zero-order valence-electron chi connectivity index (χ0n) is 20.1. The molecular weight excluding hydrogens is 456 g/mol. The van der Waals surface area contributed by atoms with E-state index in [0.29, 0.717) is 6.54 Å². The van der Waals surface area contributed by atoms with E-state index in [0.717, 1.165) is 21.7 Å². The highest BCUT2D eigenvalue weighted by Crippen LogP contribution is 2.27. The summed E-state index contributed by atoms with van der Waals surface area (Å²) in [5, 5.41) is 15.5. The summed E-state index contributed by atoms with van der Waals surface area (Å²) in [6.45, 7) is 8.99. The number of nitrogens with one attached hydrogen (secondary N) is 2. The summed E-state index contributed by atoms with van der Waals surface area (Å²) in [5.41, 5.74) is 4.07. The average Bonchev–Trinajstić information content (AvgIpc) is 3.35. The molecule has 3 N–H and O–H groups in total. The van der Waals surface area contributed by atoms with Crippen LogP contribution < -0.4 is 10.6 Å². The van der Waals surface area contributed by atoms with Crippen LogP contribution in [-0.2, 0) is 20.9 Å². The van der Waals surface area contributed by atoms with Crippen molar-refractivity contribution in [3.8, 4) is 10.4 Å². The third-order valence-corrected chi connectivity index (χ3v) is 6.37. The molecule has 0 bridgehead atoms. The molecule has 1 aromatic carbocycles. The minimum atomic E-state index is -0.904. The van der Waals surface area contributed by atoms with Gasteiger partial charge in [-0.3, -0.25) is 9.59 Å². The number of aryl methyl sites for hydroxylation is 1. The van der Waals surface area contributed by atoms with E-state index in [1.165, 1.54) is 11.8 Å². The molecule has 34 heavy (non-hydrogen) atoms. The molecule has 3 amide bonds. The summed E-state index contributed by atoms with van der Waals surface area (Å²) in [4.78, 5) is 44.5. The molecule has 1 aromatic heterocycles. The summed E-state index contributed by atoms with van der Waals surface area (Å²) in [6.07, 6.45) is -1.39. The zero-order valence-corrected chi connectivity index (χ0v) is 20.9. The first kappa shape index (κ1) is 25.6. The predicted molar refractivity (Wildman–Crippen MR) is 129 cm³/mol. The molecule has 10 heteroatoms. The number of aliphatic hydroxyl groups is 1. The molecule has 0 aliphatic carbocycles. The molecular formula is C24H32N4O5S. The van der Waals surface area contributed by atoms with Gasteiger partial charge in [-0.25, -0.2) is 9.78 Å². The second-order valence-corrected chi connectivity index (χ2v) is 10.3. The number of aromatic nitrogens is 1. The van der Waals surface area contributed by atoms with Crippen molar-refractivity contribution in [3.63, 3.8) is 0 Å². The van der Waals surface area contributed by atoms with E-state index in [2.05, 4.69) is 15.6 Å². The Morgan fingerprint density at radius 2 is 1.94 bits per heavy atom. The van der Waals surface area contributed by atoms with Crippen LogP contribution in [0.25, 0.3) is 10.4 Å². The molecule has 0 radical (unpaired) electrons. The van der Waals surface area contributed by atoms with Crippen LogP contribution in [0.4, 0.5) is 4.79 Å². The van der Waals surface area contributed by atoms with Gasteiger partial charge in [0.2, 0.25) is 11.8 Å². The van der Waals surface area contributed by atoms with E-state index in [9.17, 15) is 19.5 Å². The molecule has 3 unspecified atom stereocenters. The normalized spacial score (nSPS) is 18.9. The van der Waals surface area contributed by atoms with Gasteiger partial charge in [0.1, 0.15) is 17.7 Å². The Hall–Kier alpha value is -2.98. The van der Waals surface area contributed by atoms with Crippen LogP contribution in [0.1, 0.15) is 45.4 Å². The van der Waals surface area contributed by atoms with Crippen LogP contribution >= 0.6 is 11.3 Å². The molecule has 9 nitrogen and oxygen atoms in total. The Kier molecular flexibility index (Phi) is 7.93. The predicted octanol–water partition coefficient (Wildman–Crippen LogP) is 2.61. The quantitative estimate of drug-likeness (QED) is 0.575. The number of likely N-dealkylation sites (tertiary alicyclic amines) is 1. The van der Waals surface area contributed by atoms with Crippen molar-refractivity contribution >= 4 is 29.2 Å². The van der Waals surface area contributed by atoms with Gasteiger partial charge in [-0.15, -0.1) is 11.3 Å². The number of thiazole rings is 1. The lowest BCUT2D eigenvalue weighted by Crippen LogP contribution is -2.53. The number of β-amino-alcohol motifs (C(OH)–C–C–N with tert-alkyl or cyclic N) is 1. The van der Waals surface area contributed by atoms with E-state index < -0.39 is 35.8 Å². The fourth-order valence-corrected chi connectivity index (χ4v) is 4.57. The second-order valence-electron chi connectivity index (χ2n) is 9.45. The fourth-order valence-electron chi connectivity index (χ4n) is 3.76. The maximum Gasteiger partial charge on any atom is 0.408 e. The lowest BCUT2D eigenvalue weighted by atomic mass is 10.1. The number of nitrogens with zero attached hydrogens (tertiary/aromatic N) is 2. The van der Waals surface area contributed by atoms with Gasteiger partial charge in [-0.05, 0) is 45.7 Å². The molecule has 0 spiro atoms. The number of amides is 3. The van der Waals surface area contributed by atoms with Crippen LogP contribution in [0.5, 0.6) is 0 Å². The van der Waals surface area contributed by atoms with Crippen molar-refractivity contribution in [3.05, 3.63) is 41.0 Å². The van der Waals surface area contributed by atoms with Gasteiger partial charge in [0.15, 0.2) is 0 Å². The Bertz CT molecular complexity index is 1030. The zero-order chi connectivity index (χ0) is 25.0. The number of carbonyl (C=O) groups is 3. The molecule has 184 valence electrons. The summed E-state index contributed by atoms with van der Waals surface area (Å²) in [5.74, 6) is -0.802. The van der Waals surface area contributed by atoms with Gasteiger partial charge in [0, 0.05) is 19.5 Å². The van der Waals surface area contributed by atoms with Crippen molar-refractivity contribution < 1.29 is 24.2 Å². The van der Waals surface area contributed by atoms with Crippen molar-refractivity contribution in [2.75, 3.05) is 6.54 Å². The number of ether oxygens (including phenoxy) is 1. The maximum absolute atomic E-state index is 12.9. The molecule has 3 rings (SSSR count). The number of rotatable bonds is 6. The molecule has 2 heterocycles. The highest BCUT2D eigenvalue weighted by atomic mass is 32.1. The van der Waals surface area contributed by atoms with Crippen LogP contribution in [0.3, 0.4) is 0 Å². The van der Waals surface area contributed by atoms with E-state index in [1.54, 1.807) is 32.1 Å². The first-order valence-corrected chi connectivity index (χ1v) is 12.1. The average molecular weight is 489 g/mol. The summed E-state index contributed by atoms with van der Waals surface area (Å²) in [6, 6.07) is 6.13. The van der Waals surface area contributed by atoms with Crippen molar-refractivity contribution in [2.24, 2.45) is 0 Å². The first-order chi connectivity index (χ1) is 15.9. The highest BCUT2D eigenvalue weighted by Gasteiger charge is 2.40. The number of benzene rings is 1. The highest BCUT2D eigenvalue weighted by molar-refractivity contribution is 7.13. The van der Waals surface area contributed by atoms with Crippen LogP contribution in [0.15, 0.2) is 29.8 Å². The van der Waals surface area contributed by atoms with E-state index in [-0.39, 0.29) is 18.9 Å². The Morgan fingerprint density at radius 3 is 2.53 bits per heavy atom. The van der Waals surface area contributed by atoms with Gasteiger partial charge < -0.3 is 25.4 Å². The van der Waals surface area contributed by atoms with Crippen LogP contribution in [0.2, 0.25) is 0 Å². The number of alkyl carbamates (subject to hydrolysis) is 1. The number of aliphatic hydroxyl groups excluding tert-OH is 1. The SMILES string of the molecule is Cc1ncsc1-c1ccc(CNC(=O)C2CC(O)CN2C(=O)C(C)NC(=O)OC(C)(C)C)cc1. The monoisotopic (exact) mass is 488 g/mol. The molecule has 1 saturated heterocycles. The van der Waals surface area contributed by atoms with Gasteiger partial charge in [-0.1, -0.05) is 24.3 Å². The van der Waals surface area contributed by atoms with Gasteiger partial charge in [0.05, 0.1) is 22.2 Å². The van der Waals surface area contributed by atoms with Crippen molar-refractivity contribution in [1.82, 2.24) is 20.5 Å². The molecule has 1 fully saturated rings. The van der Waals surface area contributed by atoms with Crippen molar-refractivity contribution in [1.29, 1.82) is 0 Å². The molecule has 3 atom stereocenters. The lowest BCUT2D eigenvalue weighted by Gasteiger charge is -2.27. The molecule has 2 aromatic rings. The molecule has 1 aliphatic heterocycles. The standard InChI is InChI=1S/C24H32N4O5S/c1-14-20(34-13-26-14)17-8-6-16(7-9-17)11-25-21(30)19-10-18(29)12-28(19)22(31)15(2)27-23(32)33-24(3,4)5/h6-9,13,15,18-19,29H,10-12H2,1-5H3,(H,25,30)(H,27,32). The Balaban J connectivity index is 1.58.